The van der Waals surface area contributed by atoms with Crippen LogP contribution in [-0.2, 0) is 14.3 Å². The fourth-order valence-electron chi connectivity index (χ4n) is 0.727. The molecule has 0 aromatic heterocycles. The SMILES string of the molecule is CC(C)(C)COC(CC(=O)O)C(=O)O. The van der Waals surface area contributed by atoms with E-state index < -0.39 is 24.5 Å². The molecule has 1 atom stereocenters. The van der Waals surface area contributed by atoms with Gasteiger partial charge in [0.25, 0.3) is 0 Å². The molecule has 0 rings (SSSR count). The molecule has 0 heterocycles. The van der Waals surface area contributed by atoms with Crippen LogP contribution in [-0.4, -0.2) is 34.9 Å². The summed E-state index contributed by atoms with van der Waals surface area (Å²) in [5, 5.41) is 17.0. The summed E-state index contributed by atoms with van der Waals surface area (Å²) in [6.45, 7) is 5.86. The molecule has 0 saturated carbocycles. The van der Waals surface area contributed by atoms with Crippen LogP contribution in [0.15, 0.2) is 0 Å². The Kier molecular flexibility index (Phi) is 4.56. The Morgan fingerprint density at radius 3 is 2.07 bits per heavy atom. The molecule has 5 heteroatoms. The zero-order valence-electron chi connectivity index (χ0n) is 8.61. The Bertz CT molecular complexity index is 216. The highest BCUT2D eigenvalue weighted by atomic mass is 16.5. The summed E-state index contributed by atoms with van der Waals surface area (Å²) in [5.41, 5.74) is -0.174. The Morgan fingerprint density at radius 2 is 1.79 bits per heavy atom. The molecule has 2 N–H and O–H groups in total. The maximum absolute atomic E-state index is 10.6. The van der Waals surface area contributed by atoms with Crippen LogP contribution < -0.4 is 0 Å². The Labute approximate surface area is 82.7 Å². The molecule has 0 saturated heterocycles. The van der Waals surface area contributed by atoms with Crippen LogP contribution in [0.2, 0.25) is 0 Å². The van der Waals surface area contributed by atoms with Crippen LogP contribution in [0, 0.1) is 5.41 Å². The van der Waals surface area contributed by atoms with Gasteiger partial charge in [0.2, 0.25) is 0 Å². The molecule has 82 valence electrons. The van der Waals surface area contributed by atoms with Gasteiger partial charge < -0.3 is 14.9 Å². The lowest BCUT2D eigenvalue weighted by Gasteiger charge is -2.20. The van der Waals surface area contributed by atoms with Crippen molar-refractivity contribution in [2.24, 2.45) is 5.41 Å². The summed E-state index contributed by atoms with van der Waals surface area (Å²) in [6, 6.07) is 0. The van der Waals surface area contributed by atoms with Crippen LogP contribution in [0.5, 0.6) is 0 Å². The van der Waals surface area contributed by atoms with E-state index in [2.05, 4.69) is 0 Å². The lowest BCUT2D eigenvalue weighted by atomic mass is 9.98. The van der Waals surface area contributed by atoms with Gasteiger partial charge in [-0.25, -0.2) is 4.79 Å². The van der Waals surface area contributed by atoms with E-state index in [4.69, 9.17) is 14.9 Å². The first kappa shape index (κ1) is 12.9. The lowest BCUT2D eigenvalue weighted by molar-refractivity contribution is -0.158. The fraction of sp³-hybridized carbons (Fsp3) is 0.778. The zero-order valence-corrected chi connectivity index (χ0v) is 8.61. The van der Waals surface area contributed by atoms with E-state index in [0.29, 0.717) is 0 Å². The smallest absolute Gasteiger partial charge is 0.333 e. The number of ether oxygens (including phenoxy) is 1. The van der Waals surface area contributed by atoms with Crippen molar-refractivity contribution in [3.8, 4) is 0 Å². The van der Waals surface area contributed by atoms with Crippen molar-refractivity contribution >= 4 is 11.9 Å². The summed E-state index contributed by atoms with van der Waals surface area (Å²) in [5.74, 6) is -2.41. The predicted molar refractivity (Wildman–Crippen MR) is 49.1 cm³/mol. The third-order valence-electron chi connectivity index (χ3n) is 1.35. The minimum atomic E-state index is -1.26. The van der Waals surface area contributed by atoms with Gasteiger partial charge in [-0.15, -0.1) is 0 Å². The molecule has 14 heavy (non-hydrogen) atoms. The van der Waals surface area contributed by atoms with Gasteiger partial charge in [0.15, 0.2) is 6.10 Å². The second-order valence-electron chi connectivity index (χ2n) is 4.30. The molecule has 0 aromatic rings. The van der Waals surface area contributed by atoms with Crippen molar-refractivity contribution in [2.75, 3.05) is 6.61 Å². The third kappa shape index (κ3) is 6.42. The van der Waals surface area contributed by atoms with E-state index in [0.717, 1.165) is 0 Å². The molecule has 0 aliphatic carbocycles. The first-order valence-corrected chi connectivity index (χ1v) is 4.28. The molecular formula is C9H16O5. The zero-order chi connectivity index (χ0) is 11.4. The molecule has 5 nitrogen and oxygen atoms in total. The Morgan fingerprint density at radius 1 is 1.29 bits per heavy atom. The average Bonchev–Trinajstić information content (AvgIpc) is 1.94. The highest BCUT2D eigenvalue weighted by Gasteiger charge is 2.23. The van der Waals surface area contributed by atoms with Crippen LogP contribution in [0.25, 0.3) is 0 Å². The maximum Gasteiger partial charge on any atom is 0.333 e. The monoisotopic (exact) mass is 204 g/mol. The van der Waals surface area contributed by atoms with E-state index in [9.17, 15) is 9.59 Å². The number of carboxylic acid groups (broad SMARTS) is 2. The number of aliphatic carboxylic acids is 2. The molecule has 0 amide bonds. The first-order chi connectivity index (χ1) is 6.22. The third-order valence-corrected chi connectivity index (χ3v) is 1.35. The molecule has 0 spiro atoms. The average molecular weight is 204 g/mol. The van der Waals surface area contributed by atoms with Gasteiger partial charge in [-0.3, -0.25) is 4.79 Å². The standard InChI is InChI=1S/C9H16O5/c1-9(2,3)5-14-6(8(12)13)4-7(10)11/h6H,4-5H2,1-3H3,(H,10,11)(H,12,13). The summed E-state index contributed by atoms with van der Waals surface area (Å²) < 4.78 is 5.00. The van der Waals surface area contributed by atoms with Gasteiger partial charge in [0.05, 0.1) is 13.0 Å². The summed E-state index contributed by atoms with van der Waals surface area (Å²) in [4.78, 5) is 20.9. The van der Waals surface area contributed by atoms with Crippen molar-refractivity contribution in [2.45, 2.75) is 33.3 Å². The van der Waals surface area contributed by atoms with Crippen LogP contribution in [0.1, 0.15) is 27.2 Å². The maximum atomic E-state index is 10.6. The van der Waals surface area contributed by atoms with Gasteiger partial charge >= 0.3 is 11.9 Å². The quantitative estimate of drug-likeness (QED) is 0.697. The molecule has 0 aliphatic heterocycles. The first-order valence-electron chi connectivity index (χ1n) is 4.28. The summed E-state index contributed by atoms with van der Waals surface area (Å²) >= 11 is 0. The molecule has 1 unspecified atom stereocenters. The minimum absolute atomic E-state index is 0.174. The molecule has 0 radical (unpaired) electrons. The highest BCUT2D eigenvalue weighted by molar-refractivity contribution is 5.79. The topological polar surface area (TPSA) is 83.8 Å². The second-order valence-corrected chi connectivity index (χ2v) is 4.30. The summed E-state index contributed by atoms with van der Waals surface area (Å²) in [6.07, 6.45) is -1.77. The second kappa shape index (κ2) is 4.95. The van der Waals surface area contributed by atoms with E-state index in [1.54, 1.807) is 0 Å². The molecule has 0 bridgehead atoms. The van der Waals surface area contributed by atoms with Crippen LogP contribution in [0.3, 0.4) is 0 Å². The fourth-order valence-corrected chi connectivity index (χ4v) is 0.727. The van der Waals surface area contributed by atoms with E-state index in [1.165, 1.54) is 0 Å². The number of rotatable bonds is 5. The van der Waals surface area contributed by atoms with Crippen LogP contribution >= 0.6 is 0 Å². The van der Waals surface area contributed by atoms with Gasteiger partial charge in [0, 0.05) is 0 Å². The number of hydrogen-bond donors (Lipinski definition) is 2. The number of carbonyl (C=O) groups is 2. The normalized spacial score (nSPS) is 13.6. The molecule has 0 fully saturated rings. The Balaban J connectivity index is 4.11. The lowest BCUT2D eigenvalue weighted by Crippen LogP contribution is -2.30. The van der Waals surface area contributed by atoms with Crippen molar-refractivity contribution in [1.29, 1.82) is 0 Å². The van der Waals surface area contributed by atoms with Gasteiger partial charge in [-0.1, -0.05) is 20.8 Å². The van der Waals surface area contributed by atoms with E-state index >= 15 is 0 Å². The van der Waals surface area contributed by atoms with Crippen molar-refractivity contribution in [3.05, 3.63) is 0 Å². The highest BCUT2D eigenvalue weighted by Crippen LogP contribution is 2.15. The largest absolute Gasteiger partial charge is 0.481 e. The number of carboxylic acids is 2. The minimum Gasteiger partial charge on any atom is -0.481 e. The van der Waals surface area contributed by atoms with Gasteiger partial charge in [-0.05, 0) is 5.41 Å². The van der Waals surface area contributed by atoms with Crippen molar-refractivity contribution in [1.82, 2.24) is 0 Å². The predicted octanol–water partition coefficient (Wildman–Crippen LogP) is 0.977. The molecule has 0 aromatic carbocycles. The van der Waals surface area contributed by atoms with E-state index in [1.807, 2.05) is 20.8 Å². The van der Waals surface area contributed by atoms with Gasteiger partial charge in [-0.2, -0.15) is 0 Å². The molecule has 0 aliphatic rings. The van der Waals surface area contributed by atoms with Crippen LogP contribution in [0.4, 0.5) is 0 Å². The van der Waals surface area contributed by atoms with Crippen molar-refractivity contribution in [3.63, 3.8) is 0 Å². The summed E-state index contributed by atoms with van der Waals surface area (Å²) in [7, 11) is 0. The Hall–Kier alpha value is -1.10. The van der Waals surface area contributed by atoms with Crippen molar-refractivity contribution < 1.29 is 24.5 Å². The molecular weight excluding hydrogens is 188 g/mol. The van der Waals surface area contributed by atoms with E-state index in [-0.39, 0.29) is 12.0 Å². The van der Waals surface area contributed by atoms with Gasteiger partial charge in [0.1, 0.15) is 0 Å². The number of hydrogen-bond acceptors (Lipinski definition) is 3.